The highest BCUT2D eigenvalue weighted by Gasteiger charge is 2.18. The number of ether oxygens (including phenoxy) is 1. The Labute approximate surface area is 160 Å². The van der Waals surface area contributed by atoms with Crippen LogP contribution in [0.3, 0.4) is 0 Å². The van der Waals surface area contributed by atoms with Crippen molar-refractivity contribution in [3.63, 3.8) is 0 Å². The Morgan fingerprint density at radius 1 is 1.07 bits per heavy atom. The molecule has 0 aliphatic rings. The molecule has 0 spiro atoms. The second-order valence-electron chi connectivity index (χ2n) is 5.85. The zero-order valence-corrected chi connectivity index (χ0v) is 15.5. The molecule has 1 atom stereocenters. The predicted molar refractivity (Wildman–Crippen MR) is 98.2 cm³/mol. The molecular weight excluding hydrogens is 380 g/mol. The first-order valence-corrected chi connectivity index (χ1v) is 8.36. The maximum absolute atomic E-state index is 13.6. The highest BCUT2D eigenvalue weighted by molar-refractivity contribution is 6.31. The SMILES string of the molecule is COc1ccc(Cl)cc1NC(=O)C[NH+](C)CC(=O)Nc1c(F)cccc1F. The molecule has 144 valence electrons. The number of para-hydroxylation sites is 1. The topological polar surface area (TPSA) is 71.9 Å². The number of likely N-dealkylation sites (N-methyl/N-ethyl adjacent to an activating group) is 1. The summed E-state index contributed by atoms with van der Waals surface area (Å²) in [6, 6.07) is 8.07. The van der Waals surface area contributed by atoms with Gasteiger partial charge in [0.05, 0.1) is 19.8 Å². The number of nitrogens with one attached hydrogen (secondary N) is 3. The molecule has 27 heavy (non-hydrogen) atoms. The average Bonchev–Trinajstić information content (AvgIpc) is 2.58. The van der Waals surface area contributed by atoms with Crippen molar-refractivity contribution in [1.82, 2.24) is 0 Å². The summed E-state index contributed by atoms with van der Waals surface area (Å²) in [4.78, 5) is 24.7. The van der Waals surface area contributed by atoms with E-state index < -0.39 is 23.2 Å². The van der Waals surface area contributed by atoms with Crippen LogP contribution < -0.4 is 20.3 Å². The zero-order valence-electron chi connectivity index (χ0n) is 14.7. The zero-order chi connectivity index (χ0) is 20.0. The molecule has 0 heterocycles. The van der Waals surface area contributed by atoms with Gasteiger partial charge in [-0.25, -0.2) is 8.78 Å². The number of rotatable bonds is 7. The number of halogens is 3. The molecule has 9 heteroatoms. The Morgan fingerprint density at radius 3 is 2.26 bits per heavy atom. The molecule has 0 bridgehead atoms. The molecule has 0 fully saturated rings. The number of carbonyl (C=O) groups is 2. The monoisotopic (exact) mass is 398 g/mol. The van der Waals surface area contributed by atoms with E-state index in [4.69, 9.17) is 16.3 Å². The Balaban J connectivity index is 1.91. The van der Waals surface area contributed by atoms with Crippen molar-refractivity contribution in [2.45, 2.75) is 0 Å². The summed E-state index contributed by atoms with van der Waals surface area (Å²) in [5, 5.41) is 5.26. The second-order valence-corrected chi connectivity index (χ2v) is 6.28. The Bertz CT molecular complexity index is 828. The van der Waals surface area contributed by atoms with Gasteiger partial charge in [0.15, 0.2) is 13.1 Å². The molecule has 0 aliphatic carbocycles. The lowest BCUT2D eigenvalue weighted by atomic mass is 10.3. The lowest BCUT2D eigenvalue weighted by molar-refractivity contribution is -0.862. The Kier molecular flexibility index (Phi) is 7.09. The number of quaternary nitrogens is 1. The summed E-state index contributed by atoms with van der Waals surface area (Å²) in [7, 11) is 3.06. The van der Waals surface area contributed by atoms with Crippen LogP contribution >= 0.6 is 11.6 Å². The fourth-order valence-electron chi connectivity index (χ4n) is 2.38. The van der Waals surface area contributed by atoms with E-state index in [0.717, 1.165) is 12.1 Å². The minimum absolute atomic E-state index is 0.0527. The minimum Gasteiger partial charge on any atom is -0.495 e. The van der Waals surface area contributed by atoms with Crippen molar-refractivity contribution in [3.8, 4) is 5.75 Å². The average molecular weight is 399 g/mol. The maximum Gasteiger partial charge on any atom is 0.279 e. The number of hydrogen-bond donors (Lipinski definition) is 3. The van der Waals surface area contributed by atoms with Gasteiger partial charge in [-0.15, -0.1) is 0 Å². The van der Waals surface area contributed by atoms with Crippen molar-refractivity contribution in [2.75, 3.05) is 37.9 Å². The third-order valence-corrected chi connectivity index (χ3v) is 3.82. The highest BCUT2D eigenvalue weighted by Crippen LogP contribution is 2.27. The van der Waals surface area contributed by atoms with Gasteiger partial charge in [-0.1, -0.05) is 17.7 Å². The summed E-state index contributed by atoms with van der Waals surface area (Å²) in [6.07, 6.45) is 0. The molecule has 0 saturated heterocycles. The number of carbonyl (C=O) groups excluding carboxylic acids is 2. The number of hydrogen-bond acceptors (Lipinski definition) is 3. The standard InChI is InChI=1S/C18H18ClF2N3O3/c1-24(10-17(26)23-18-12(20)4-3-5-13(18)21)9-16(25)22-14-8-11(19)6-7-15(14)27-2/h3-8H,9-10H2,1-2H3,(H,22,25)(H,23,26)/p+1. The minimum atomic E-state index is -0.869. The molecule has 0 saturated carbocycles. The summed E-state index contributed by atoms with van der Waals surface area (Å²) >= 11 is 5.91. The van der Waals surface area contributed by atoms with E-state index in [2.05, 4.69) is 10.6 Å². The molecule has 2 aromatic carbocycles. The molecule has 0 radical (unpaired) electrons. The first-order valence-electron chi connectivity index (χ1n) is 7.98. The van der Waals surface area contributed by atoms with Crippen molar-refractivity contribution in [2.24, 2.45) is 0 Å². The van der Waals surface area contributed by atoms with Crippen LogP contribution in [0.15, 0.2) is 36.4 Å². The van der Waals surface area contributed by atoms with Crippen LogP contribution in [0.2, 0.25) is 5.02 Å². The number of anilines is 2. The fourth-order valence-corrected chi connectivity index (χ4v) is 2.56. The first-order chi connectivity index (χ1) is 12.8. The van der Waals surface area contributed by atoms with E-state index in [-0.39, 0.29) is 19.0 Å². The van der Waals surface area contributed by atoms with Crippen LogP contribution in [0.4, 0.5) is 20.2 Å². The molecular formula is C18H19ClF2N3O3+. The van der Waals surface area contributed by atoms with Crippen LogP contribution in [-0.2, 0) is 9.59 Å². The van der Waals surface area contributed by atoms with Gasteiger partial charge < -0.3 is 20.3 Å². The van der Waals surface area contributed by atoms with Crippen LogP contribution in [-0.4, -0.2) is 39.1 Å². The normalized spacial score (nSPS) is 11.6. The van der Waals surface area contributed by atoms with Gasteiger partial charge in [-0.05, 0) is 30.3 Å². The van der Waals surface area contributed by atoms with Gasteiger partial charge in [0.25, 0.3) is 11.8 Å². The molecule has 6 nitrogen and oxygen atoms in total. The second kappa shape index (κ2) is 9.29. The smallest absolute Gasteiger partial charge is 0.279 e. The molecule has 3 N–H and O–H groups in total. The van der Waals surface area contributed by atoms with Crippen LogP contribution in [0.25, 0.3) is 0 Å². The van der Waals surface area contributed by atoms with Crippen molar-refractivity contribution < 1.29 is 28.0 Å². The lowest BCUT2D eigenvalue weighted by Gasteiger charge is -2.15. The van der Waals surface area contributed by atoms with Crippen LogP contribution in [0.1, 0.15) is 0 Å². The third-order valence-electron chi connectivity index (χ3n) is 3.59. The van der Waals surface area contributed by atoms with E-state index >= 15 is 0 Å². The van der Waals surface area contributed by atoms with Crippen molar-refractivity contribution in [1.29, 1.82) is 0 Å². The number of amides is 2. The lowest BCUT2D eigenvalue weighted by Crippen LogP contribution is -3.11. The van der Waals surface area contributed by atoms with Gasteiger partial charge in [0.1, 0.15) is 23.1 Å². The molecule has 0 aromatic heterocycles. The summed E-state index contributed by atoms with van der Waals surface area (Å²) in [5.74, 6) is -2.29. The summed E-state index contributed by atoms with van der Waals surface area (Å²) in [6.45, 7) is -0.212. The van der Waals surface area contributed by atoms with Crippen molar-refractivity contribution in [3.05, 3.63) is 53.1 Å². The molecule has 2 rings (SSSR count). The first kappa shape index (κ1) is 20.6. The van der Waals surface area contributed by atoms with Gasteiger partial charge in [0.2, 0.25) is 0 Å². The molecule has 0 aliphatic heterocycles. The van der Waals surface area contributed by atoms with Crippen molar-refractivity contribution >= 4 is 34.8 Å². The summed E-state index contributed by atoms with van der Waals surface area (Å²) in [5.41, 5.74) is -0.107. The fraction of sp³-hybridized carbons (Fsp3) is 0.222. The van der Waals surface area contributed by atoms with Gasteiger partial charge in [-0.2, -0.15) is 0 Å². The highest BCUT2D eigenvalue weighted by atomic mass is 35.5. The van der Waals surface area contributed by atoms with Gasteiger partial charge >= 0.3 is 0 Å². The van der Waals surface area contributed by atoms with Crippen LogP contribution in [0.5, 0.6) is 5.75 Å². The quantitative estimate of drug-likeness (QED) is 0.665. The number of methoxy groups -OCH3 is 1. The summed E-state index contributed by atoms with van der Waals surface area (Å²) < 4.78 is 32.3. The van der Waals surface area contributed by atoms with E-state index in [9.17, 15) is 18.4 Å². The van der Waals surface area contributed by atoms with Gasteiger partial charge in [0, 0.05) is 5.02 Å². The molecule has 1 unspecified atom stereocenters. The van der Waals surface area contributed by atoms with E-state index in [0.29, 0.717) is 21.4 Å². The van der Waals surface area contributed by atoms with E-state index in [1.165, 1.54) is 13.2 Å². The largest absolute Gasteiger partial charge is 0.495 e. The number of benzene rings is 2. The third kappa shape index (κ3) is 5.90. The van der Waals surface area contributed by atoms with E-state index in [1.54, 1.807) is 25.2 Å². The molecule has 2 aromatic rings. The molecule has 2 amide bonds. The maximum atomic E-state index is 13.6. The Hall–Kier alpha value is -2.71. The van der Waals surface area contributed by atoms with E-state index in [1.807, 2.05) is 0 Å². The van der Waals surface area contributed by atoms with Gasteiger partial charge in [-0.3, -0.25) is 9.59 Å². The Morgan fingerprint density at radius 2 is 1.67 bits per heavy atom. The predicted octanol–water partition coefficient (Wildman–Crippen LogP) is 1.72. The van der Waals surface area contributed by atoms with Crippen LogP contribution in [0, 0.1) is 11.6 Å².